The summed E-state index contributed by atoms with van der Waals surface area (Å²) in [6.45, 7) is 0.788. The van der Waals surface area contributed by atoms with Gasteiger partial charge >= 0.3 is 0 Å². The molecular weight excluding hydrogens is 252 g/mol. The summed E-state index contributed by atoms with van der Waals surface area (Å²) in [5.41, 5.74) is 0. The van der Waals surface area contributed by atoms with E-state index in [9.17, 15) is 13.5 Å². The smallest absolute Gasteiger partial charge is 0.282 e. The van der Waals surface area contributed by atoms with Crippen LogP contribution in [0.5, 0.6) is 0 Å². The Morgan fingerprint density at radius 3 is 2.39 bits per heavy atom. The molecule has 1 N–H and O–H groups in total. The quantitative estimate of drug-likeness (QED) is 0.835. The van der Waals surface area contributed by atoms with Crippen molar-refractivity contribution in [2.45, 2.75) is 57.1 Å². The van der Waals surface area contributed by atoms with Crippen LogP contribution in [0.1, 0.15) is 44.9 Å². The van der Waals surface area contributed by atoms with Gasteiger partial charge in [0.05, 0.1) is 6.10 Å². The Labute approximate surface area is 110 Å². The van der Waals surface area contributed by atoms with E-state index < -0.39 is 16.3 Å². The molecule has 0 aromatic heterocycles. The Bertz CT molecular complexity index is 366. The third kappa shape index (κ3) is 3.04. The zero-order valence-corrected chi connectivity index (χ0v) is 11.9. The molecule has 5 nitrogen and oxygen atoms in total. The number of hydrogen-bond donors (Lipinski definition) is 1. The van der Waals surface area contributed by atoms with Crippen molar-refractivity contribution in [2.24, 2.45) is 0 Å². The van der Waals surface area contributed by atoms with Crippen LogP contribution >= 0.6 is 0 Å². The molecular formula is C12H24N2O3S. The summed E-state index contributed by atoms with van der Waals surface area (Å²) < 4.78 is 27.9. The molecule has 0 aromatic carbocycles. The number of piperidine rings is 1. The van der Waals surface area contributed by atoms with Gasteiger partial charge in [0.2, 0.25) is 0 Å². The lowest BCUT2D eigenvalue weighted by atomic mass is 9.96. The molecule has 2 aliphatic rings. The molecule has 106 valence electrons. The number of aliphatic hydroxyl groups excluding tert-OH is 1. The molecule has 6 heteroatoms. The number of aliphatic hydroxyl groups is 1. The van der Waals surface area contributed by atoms with Crippen molar-refractivity contribution in [3.05, 3.63) is 0 Å². The van der Waals surface area contributed by atoms with Gasteiger partial charge in [0.1, 0.15) is 0 Å². The summed E-state index contributed by atoms with van der Waals surface area (Å²) in [6.07, 6.45) is 6.33. The van der Waals surface area contributed by atoms with Gasteiger partial charge in [0, 0.05) is 26.2 Å². The van der Waals surface area contributed by atoms with Gasteiger partial charge in [-0.05, 0) is 25.7 Å². The maximum absolute atomic E-state index is 12.5. The maximum atomic E-state index is 12.5. The van der Waals surface area contributed by atoms with E-state index in [1.54, 1.807) is 7.05 Å². The first-order chi connectivity index (χ1) is 8.51. The Balaban J connectivity index is 2.04. The molecule has 1 saturated heterocycles. The number of nitrogens with zero attached hydrogens (tertiary/aromatic N) is 2. The highest BCUT2D eigenvalue weighted by atomic mass is 32.2. The molecule has 2 fully saturated rings. The lowest BCUT2D eigenvalue weighted by Crippen LogP contribution is -2.51. The monoisotopic (exact) mass is 276 g/mol. The van der Waals surface area contributed by atoms with Crippen LogP contribution in [0.15, 0.2) is 0 Å². The first-order valence-electron chi connectivity index (χ1n) is 6.93. The van der Waals surface area contributed by atoms with Crippen molar-refractivity contribution >= 4 is 10.2 Å². The van der Waals surface area contributed by atoms with E-state index in [0.29, 0.717) is 13.0 Å². The van der Waals surface area contributed by atoms with E-state index in [2.05, 4.69) is 0 Å². The van der Waals surface area contributed by atoms with Crippen molar-refractivity contribution in [1.29, 1.82) is 0 Å². The fourth-order valence-corrected chi connectivity index (χ4v) is 4.62. The number of hydrogen-bond acceptors (Lipinski definition) is 3. The standard InChI is InChI=1S/C12H24N2O3S/c1-13(11-6-3-2-4-7-11)18(16,17)14-9-5-8-12(15)10-14/h11-12,15H,2-10H2,1H3. The van der Waals surface area contributed by atoms with Crippen LogP contribution in [0.2, 0.25) is 0 Å². The molecule has 1 atom stereocenters. The van der Waals surface area contributed by atoms with Gasteiger partial charge in [-0.25, -0.2) is 0 Å². The van der Waals surface area contributed by atoms with Crippen LogP contribution < -0.4 is 0 Å². The molecule has 18 heavy (non-hydrogen) atoms. The minimum absolute atomic E-state index is 0.141. The lowest BCUT2D eigenvalue weighted by molar-refractivity contribution is 0.103. The van der Waals surface area contributed by atoms with Crippen LogP contribution in [0.25, 0.3) is 0 Å². The molecule has 0 spiro atoms. The van der Waals surface area contributed by atoms with E-state index in [1.807, 2.05) is 0 Å². The molecule has 1 aliphatic heterocycles. The Morgan fingerprint density at radius 2 is 1.78 bits per heavy atom. The summed E-state index contributed by atoms with van der Waals surface area (Å²) in [7, 11) is -1.70. The second-order valence-electron chi connectivity index (χ2n) is 5.47. The summed E-state index contributed by atoms with van der Waals surface area (Å²) in [4.78, 5) is 0. The summed E-state index contributed by atoms with van der Waals surface area (Å²) >= 11 is 0. The highest BCUT2D eigenvalue weighted by Crippen LogP contribution is 2.25. The van der Waals surface area contributed by atoms with Gasteiger partial charge in [-0.15, -0.1) is 0 Å². The van der Waals surface area contributed by atoms with Gasteiger partial charge in [-0.2, -0.15) is 17.0 Å². The van der Waals surface area contributed by atoms with E-state index >= 15 is 0 Å². The van der Waals surface area contributed by atoms with Gasteiger partial charge in [0.15, 0.2) is 0 Å². The lowest BCUT2D eigenvalue weighted by Gasteiger charge is -2.36. The van der Waals surface area contributed by atoms with Crippen molar-refractivity contribution in [2.75, 3.05) is 20.1 Å². The Kier molecular flexibility index (Phi) is 4.64. The van der Waals surface area contributed by atoms with Crippen molar-refractivity contribution in [1.82, 2.24) is 8.61 Å². The van der Waals surface area contributed by atoms with Crippen LogP contribution in [0, 0.1) is 0 Å². The topological polar surface area (TPSA) is 60.9 Å². The molecule has 0 radical (unpaired) electrons. The summed E-state index contributed by atoms with van der Waals surface area (Å²) in [6, 6.07) is 0.141. The zero-order valence-electron chi connectivity index (χ0n) is 11.1. The Hall–Kier alpha value is -0.170. The third-order valence-corrected chi connectivity index (χ3v) is 6.15. The molecule has 0 bridgehead atoms. The van der Waals surface area contributed by atoms with Gasteiger partial charge in [0.25, 0.3) is 10.2 Å². The largest absolute Gasteiger partial charge is 0.392 e. The molecule has 0 amide bonds. The van der Waals surface area contributed by atoms with Gasteiger partial charge in [-0.1, -0.05) is 19.3 Å². The third-order valence-electron chi connectivity index (χ3n) is 4.14. The second-order valence-corrected chi connectivity index (χ2v) is 7.46. The highest BCUT2D eigenvalue weighted by molar-refractivity contribution is 7.86. The molecule has 1 heterocycles. The molecule has 1 saturated carbocycles. The average molecular weight is 276 g/mol. The number of rotatable bonds is 3. The van der Waals surface area contributed by atoms with Crippen LogP contribution in [0.4, 0.5) is 0 Å². The van der Waals surface area contributed by atoms with E-state index in [0.717, 1.165) is 32.1 Å². The summed E-state index contributed by atoms with van der Waals surface area (Å²) in [5, 5.41) is 9.61. The average Bonchev–Trinajstić information content (AvgIpc) is 2.39. The van der Waals surface area contributed by atoms with Crippen molar-refractivity contribution in [3.63, 3.8) is 0 Å². The van der Waals surface area contributed by atoms with Crippen molar-refractivity contribution in [3.8, 4) is 0 Å². The predicted octanol–water partition coefficient (Wildman–Crippen LogP) is 0.952. The highest BCUT2D eigenvalue weighted by Gasteiger charge is 2.34. The van der Waals surface area contributed by atoms with Gasteiger partial charge in [-0.3, -0.25) is 0 Å². The first kappa shape index (κ1) is 14.2. The zero-order chi connectivity index (χ0) is 13.2. The van der Waals surface area contributed by atoms with Crippen LogP contribution in [0.3, 0.4) is 0 Å². The Morgan fingerprint density at radius 1 is 1.11 bits per heavy atom. The minimum Gasteiger partial charge on any atom is -0.392 e. The predicted molar refractivity (Wildman–Crippen MR) is 70.4 cm³/mol. The fraction of sp³-hybridized carbons (Fsp3) is 1.00. The molecule has 1 unspecified atom stereocenters. The van der Waals surface area contributed by atoms with E-state index in [4.69, 9.17) is 0 Å². The minimum atomic E-state index is -3.39. The van der Waals surface area contributed by atoms with Crippen molar-refractivity contribution < 1.29 is 13.5 Å². The van der Waals surface area contributed by atoms with E-state index in [1.165, 1.54) is 15.0 Å². The molecule has 2 rings (SSSR count). The fourth-order valence-electron chi connectivity index (χ4n) is 2.95. The van der Waals surface area contributed by atoms with Gasteiger partial charge < -0.3 is 5.11 Å². The molecule has 1 aliphatic carbocycles. The van der Waals surface area contributed by atoms with Crippen LogP contribution in [-0.4, -0.2) is 54.4 Å². The van der Waals surface area contributed by atoms with E-state index in [-0.39, 0.29) is 12.6 Å². The molecule has 0 aromatic rings. The normalized spacial score (nSPS) is 28.7. The first-order valence-corrected chi connectivity index (χ1v) is 8.32. The summed E-state index contributed by atoms with van der Waals surface area (Å²) in [5.74, 6) is 0. The SMILES string of the molecule is CN(C1CCCCC1)S(=O)(=O)N1CCCC(O)C1. The number of β-amino-alcohol motifs (C(OH)–C–C–N with tert-alkyl or cyclic N) is 1. The second kappa shape index (κ2) is 5.86. The maximum Gasteiger partial charge on any atom is 0.282 e. The van der Waals surface area contributed by atoms with Crippen LogP contribution in [-0.2, 0) is 10.2 Å².